The van der Waals surface area contributed by atoms with Crippen molar-refractivity contribution in [2.45, 2.75) is 33.2 Å². The van der Waals surface area contributed by atoms with Gasteiger partial charge >= 0.3 is 5.97 Å². The third kappa shape index (κ3) is 1.72. The Kier molecular flexibility index (Phi) is 2.97. The molecule has 1 unspecified atom stereocenters. The lowest BCUT2D eigenvalue weighted by Crippen LogP contribution is -2.47. The fourth-order valence-corrected chi connectivity index (χ4v) is 2.69. The number of aliphatic carboxylic acids is 1. The highest BCUT2D eigenvalue weighted by molar-refractivity contribution is 5.77. The molecule has 1 aromatic rings. The van der Waals surface area contributed by atoms with Gasteiger partial charge in [0.25, 0.3) is 0 Å². The molecule has 0 saturated carbocycles. The molecule has 0 spiro atoms. The van der Waals surface area contributed by atoms with Crippen LogP contribution in [0.3, 0.4) is 0 Å². The van der Waals surface area contributed by atoms with Crippen LogP contribution in [0, 0.1) is 5.41 Å². The normalized spacial score (nSPS) is 18.8. The highest BCUT2D eigenvalue weighted by atomic mass is 16.4. The Labute approximate surface area is 107 Å². The molecule has 0 aliphatic carbocycles. The predicted molar refractivity (Wildman–Crippen MR) is 70.0 cm³/mol. The van der Waals surface area contributed by atoms with E-state index in [9.17, 15) is 15.0 Å². The summed E-state index contributed by atoms with van der Waals surface area (Å²) in [6, 6.07) is 5.27. The van der Waals surface area contributed by atoms with Gasteiger partial charge in [-0.05, 0) is 39.3 Å². The molecule has 1 heterocycles. The molecule has 18 heavy (non-hydrogen) atoms. The highest BCUT2D eigenvalue weighted by Crippen LogP contribution is 2.43. The predicted octanol–water partition coefficient (Wildman–Crippen LogP) is 2.25. The zero-order valence-corrected chi connectivity index (χ0v) is 11.0. The lowest BCUT2D eigenvalue weighted by Gasteiger charge is -2.35. The minimum atomic E-state index is -0.846. The van der Waals surface area contributed by atoms with Crippen molar-refractivity contribution >= 4 is 11.7 Å². The molecule has 2 N–H and O–H groups in total. The average Bonchev–Trinajstić information content (AvgIpc) is 2.69. The van der Waals surface area contributed by atoms with E-state index in [0.717, 1.165) is 17.8 Å². The Morgan fingerprint density at radius 1 is 1.50 bits per heavy atom. The summed E-state index contributed by atoms with van der Waals surface area (Å²) in [6.07, 6.45) is 0.579. The minimum absolute atomic E-state index is 0.122. The summed E-state index contributed by atoms with van der Waals surface area (Å²) in [6.45, 7) is 6.22. The molecule has 0 bridgehead atoms. The summed E-state index contributed by atoms with van der Waals surface area (Å²) in [4.78, 5) is 13.5. The highest BCUT2D eigenvalue weighted by Gasteiger charge is 2.44. The SMILES string of the molecule is CCN1c2cccc(O)c2CC1C(C)(C)C(=O)O. The van der Waals surface area contributed by atoms with E-state index in [1.54, 1.807) is 26.0 Å². The number of nitrogens with zero attached hydrogens (tertiary/aromatic N) is 1. The number of aromatic hydroxyl groups is 1. The summed E-state index contributed by atoms with van der Waals surface area (Å²) < 4.78 is 0. The Bertz CT molecular complexity index is 482. The van der Waals surface area contributed by atoms with Crippen molar-refractivity contribution in [1.29, 1.82) is 0 Å². The lowest BCUT2D eigenvalue weighted by molar-refractivity contribution is -0.148. The van der Waals surface area contributed by atoms with Gasteiger partial charge in [-0.15, -0.1) is 0 Å². The second-order valence-electron chi connectivity index (χ2n) is 5.31. The number of carboxylic acids is 1. The van der Waals surface area contributed by atoms with E-state index in [4.69, 9.17) is 0 Å². The van der Waals surface area contributed by atoms with E-state index in [0.29, 0.717) is 6.42 Å². The molecule has 2 rings (SSSR count). The number of hydrogen-bond donors (Lipinski definition) is 2. The molecule has 1 aliphatic rings. The topological polar surface area (TPSA) is 60.8 Å². The van der Waals surface area contributed by atoms with Crippen LogP contribution >= 0.6 is 0 Å². The van der Waals surface area contributed by atoms with Gasteiger partial charge in [0.2, 0.25) is 0 Å². The summed E-state index contributed by atoms with van der Waals surface area (Å²) in [5, 5.41) is 19.3. The first kappa shape index (κ1) is 12.7. The number of anilines is 1. The number of likely N-dealkylation sites (N-methyl/N-ethyl adjacent to an activating group) is 1. The van der Waals surface area contributed by atoms with Crippen LogP contribution in [0.15, 0.2) is 18.2 Å². The molecule has 4 nitrogen and oxygen atoms in total. The molecule has 1 aliphatic heterocycles. The Morgan fingerprint density at radius 3 is 2.72 bits per heavy atom. The van der Waals surface area contributed by atoms with E-state index in [1.165, 1.54) is 0 Å². The second kappa shape index (κ2) is 4.19. The van der Waals surface area contributed by atoms with E-state index in [1.807, 2.05) is 13.0 Å². The van der Waals surface area contributed by atoms with Crippen molar-refractivity contribution in [3.05, 3.63) is 23.8 Å². The fourth-order valence-electron chi connectivity index (χ4n) is 2.69. The van der Waals surface area contributed by atoms with Crippen LogP contribution in [0.5, 0.6) is 5.75 Å². The quantitative estimate of drug-likeness (QED) is 0.862. The van der Waals surface area contributed by atoms with Crippen LogP contribution in [-0.2, 0) is 11.2 Å². The van der Waals surface area contributed by atoms with E-state index in [-0.39, 0.29) is 11.8 Å². The van der Waals surface area contributed by atoms with Gasteiger partial charge in [0, 0.05) is 23.8 Å². The van der Waals surface area contributed by atoms with E-state index >= 15 is 0 Å². The molecule has 0 saturated heterocycles. The second-order valence-corrected chi connectivity index (χ2v) is 5.31. The van der Waals surface area contributed by atoms with Gasteiger partial charge in [-0.2, -0.15) is 0 Å². The molecule has 1 atom stereocenters. The fraction of sp³-hybridized carbons (Fsp3) is 0.500. The van der Waals surface area contributed by atoms with Crippen LogP contribution < -0.4 is 4.90 Å². The third-order valence-corrected chi connectivity index (χ3v) is 3.93. The summed E-state index contributed by atoms with van der Waals surface area (Å²) in [5.41, 5.74) is 0.970. The van der Waals surface area contributed by atoms with Crippen LogP contribution in [0.2, 0.25) is 0 Å². The van der Waals surface area contributed by atoms with Crippen molar-refractivity contribution in [2.75, 3.05) is 11.4 Å². The first-order valence-corrected chi connectivity index (χ1v) is 6.20. The van der Waals surface area contributed by atoms with Crippen LogP contribution in [-0.4, -0.2) is 28.8 Å². The monoisotopic (exact) mass is 249 g/mol. The molecule has 1 aromatic carbocycles. The standard InChI is InChI=1S/C14H19NO3/c1-4-15-10-6-5-7-11(16)9(10)8-12(15)14(2,3)13(17)18/h5-7,12,16H,4,8H2,1-3H3,(H,17,18). The number of rotatable bonds is 3. The molecule has 0 amide bonds. The number of carboxylic acid groups (broad SMARTS) is 1. The Hall–Kier alpha value is -1.71. The van der Waals surface area contributed by atoms with Gasteiger partial charge in [-0.25, -0.2) is 0 Å². The van der Waals surface area contributed by atoms with Gasteiger partial charge in [-0.1, -0.05) is 6.07 Å². The molecule has 0 fully saturated rings. The summed E-state index contributed by atoms with van der Waals surface area (Å²) >= 11 is 0. The Balaban J connectivity index is 2.45. The van der Waals surface area contributed by atoms with Gasteiger partial charge in [-0.3, -0.25) is 4.79 Å². The minimum Gasteiger partial charge on any atom is -0.508 e. The summed E-state index contributed by atoms with van der Waals surface area (Å²) in [7, 11) is 0. The zero-order valence-electron chi connectivity index (χ0n) is 11.0. The van der Waals surface area contributed by atoms with Crippen LogP contribution in [0.1, 0.15) is 26.3 Å². The van der Waals surface area contributed by atoms with Gasteiger partial charge in [0.1, 0.15) is 5.75 Å². The summed E-state index contributed by atoms with van der Waals surface area (Å²) in [5.74, 6) is -0.548. The van der Waals surface area contributed by atoms with Crippen LogP contribution in [0.25, 0.3) is 0 Å². The van der Waals surface area contributed by atoms with Crippen molar-refractivity contribution < 1.29 is 15.0 Å². The average molecular weight is 249 g/mol. The number of phenols is 1. The molecule has 0 radical (unpaired) electrons. The first-order valence-electron chi connectivity index (χ1n) is 6.20. The van der Waals surface area contributed by atoms with E-state index < -0.39 is 11.4 Å². The first-order chi connectivity index (χ1) is 8.39. The number of hydrogen-bond acceptors (Lipinski definition) is 3. The lowest BCUT2D eigenvalue weighted by atomic mass is 9.82. The molecule has 98 valence electrons. The zero-order chi connectivity index (χ0) is 13.5. The van der Waals surface area contributed by atoms with Gasteiger partial charge in [0.05, 0.1) is 5.41 Å². The smallest absolute Gasteiger partial charge is 0.311 e. The number of fused-ring (bicyclic) bond motifs is 1. The third-order valence-electron chi connectivity index (χ3n) is 3.93. The maximum Gasteiger partial charge on any atom is 0.311 e. The van der Waals surface area contributed by atoms with Crippen molar-refractivity contribution in [3.63, 3.8) is 0 Å². The molecular weight excluding hydrogens is 230 g/mol. The van der Waals surface area contributed by atoms with Crippen LogP contribution in [0.4, 0.5) is 5.69 Å². The maximum absolute atomic E-state index is 11.4. The maximum atomic E-state index is 11.4. The molecule has 0 aromatic heterocycles. The number of phenolic OH excluding ortho intramolecular Hbond substituents is 1. The number of benzene rings is 1. The van der Waals surface area contributed by atoms with E-state index in [2.05, 4.69) is 4.90 Å². The van der Waals surface area contributed by atoms with Crippen molar-refractivity contribution in [1.82, 2.24) is 0 Å². The Morgan fingerprint density at radius 2 is 2.17 bits per heavy atom. The van der Waals surface area contributed by atoms with Crippen molar-refractivity contribution in [2.24, 2.45) is 5.41 Å². The molecular formula is C14H19NO3. The number of carbonyl (C=O) groups is 1. The van der Waals surface area contributed by atoms with Gasteiger partial charge in [0.15, 0.2) is 0 Å². The van der Waals surface area contributed by atoms with Gasteiger partial charge < -0.3 is 15.1 Å². The van der Waals surface area contributed by atoms with Crippen molar-refractivity contribution in [3.8, 4) is 5.75 Å². The molecule has 4 heteroatoms. The largest absolute Gasteiger partial charge is 0.508 e.